The van der Waals surface area contributed by atoms with Crippen LogP contribution in [0.5, 0.6) is 0 Å². The van der Waals surface area contributed by atoms with E-state index < -0.39 is 0 Å². The Kier molecular flexibility index (Phi) is 4.90. The lowest BCUT2D eigenvalue weighted by molar-refractivity contribution is 1.17. The Morgan fingerprint density at radius 3 is 1.79 bits per heavy atom. The van der Waals surface area contributed by atoms with Crippen molar-refractivity contribution in [3.63, 3.8) is 0 Å². The fourth-order valence-corrected chi connectivity index (χ4v) is 6.65. The van der Waals surface area contributed by atoms with Gasteiger partial charge in [0.2, 0.25) is 0 Å². The van der Waals surface area contributed by atoms with E-state index in [1.807, 2.05) is 12.4 Å². The molecule has 0 atom stereocenters. The summed E-state index contributed by atoms with van der Waals surface area (Å²) in [5, 5.41) is 7.43. The Balaban J connectivity index is 1.26. The maximum absolute atomic E-state index is 4.50. The molecule has 0 N–H and O–H groups in total. The standard InChI is InChI=1S/C39H25N3/c1-2-10-30(11-3-1)41-36-13-7-6-12-32(36)34-23-28(15-18-37(34)41)29-16-19-38-35(24-29)33-20-21-40-25-39(33)42(38)31-17-14-26-8-4-5-9-27(26)22-31/h1-25H. The van der Waals surface area contributed by atoms with Gasteiger partial charge in [-0.1, -0.05) is 78.9 Å². The van der Waals surface area contributed by atoms with Gasteiger partial charge >= 0.3 is 0 Å². The van der Waals surface area contributed by atoms with Gasteiger partial charge in [-0.2, -0.15) is 0 Å². The first-order valence-electron chi connectivity index (χ1n) is 14.3. The summed E-state index contributed by atoms with van der Waals surface area (Å²) < 4.78 is 4.70. The number of hydrogen-bond donors (Lipinski definition) is 0. The SMILES string of the molecule is c1ccc(-n2c3ccccc3c3cc(-c4ccc5c(c4)c4ccncc4n5-c4ccc5ccccc5c4)ccc32)cc1. The minimum atomic E-state index is 1.11. The second-order valence-electron chi connectivity index (χ2n) is 10.9. The number of nitrogens with zero attached hydrogens (tertiary/aromatic N) is 3. The summed E-state index contributed by atoms with van der Waals surface area (Å²) in [4.78, 5) is 4.50. The van der Waals surface area contributed by atoms with E-state index >= 15 is 0 Å². The molecule has 3 aromatic heterocycles. The van der Waals surface area contributed by atoms with E-state index in [0.29, 0.717) is 0 Å². The van der Waals surface area contributed by atoms with Crippen molar-refractivity contribution in [3.05, 3.63) is 152 Å². The van der Waals surface area contributed by atoms with Crippen molar-refractivity contribution in [2.45, 2.75) is 0 Å². The Bertz CT molecular complexity index is 2460. The average molecular weight is 536 g/mol. The quantitative estimate of drug-likeness (QED) is 0.221. The molecule has 6 aromatic carbocycles. The van der Waals surface area contributed by atoms with Gasteiger partial charge in [0.15, 0.2) is 0 Å². The maximum Gasteiger partial charge on any atom is 0.0724 e. The van der Waals surface area contributed by atoms with Gasteiger partial charge in [0, 0.05) is 39.1 Å². The highest BCUT2D eigenvalue weighted by molar-refractivity contribution is 6.12. The molecule has 42 heavy (non-hydrogen) atoms. The van der Waals surface area contributed by atoms with Crippen LogP contribution in [0.1, 0.15) is 0 Å². The van der Waals surface area contributed by atoms with Crippen LogP contribution in [-0.2, 0) is 0 Å². The highest BCUT2D eigenvalue weighted by Gasteiger charge is 2.16. The van der Waals surface area contributed by atoms with E-state index in [1.165, 1.54) is 65.7 Å². The number of rotatable bonds is 3. The minimum absolute atomic E-state index is 1.11. The first-order chi connectivity index (χ1) is 20.8. The second kappa shape index (κ2) is 8.92. The van der Waals surface area contributed by atoms with Crippen LogP contribution in [0.2, 0.25) is 0 Å². The number of pyridine rings is 1. The summed E-state index contributed by atoms with van der Waals surface area (Å²) in [5.41, 5.74) is 9.46. The molecule has 0 aliphatic heterocycles. The molecule has 3 heterocycles. The van der Waals surface area contributed by atoms with Crippen LogP contribution in [0.4, 0.5) is 0 Å². The van der Waals surface area contributed by atoms with E-state index in [-0.39, 0.29) is 0 Å². The Morgan fingerprint density at radius 1 is 0.381 bits per heavy atom. The van der Waals surface area contributed by atoms with E-state index in [4.69, 9.17) is 0 Å². The lowest BCUT2D eigenvalue weighted by Crippen LogP contribution is -1.94. The van der Waals surface area contributed by atoms with Crippen LogP contribution < -0.4 is 0 Å². The van der Waals surface area contributed by atoms with Crippen LogP contribution in [-0.4, -0.2) is 14.1 Å². The van der Waals surface area contributed by atoms with Gasteiger partial charge in [-0.15, -0.1) is 0 Å². The molecular formula is C39H25N3. The molecule has 0 saturated heterocycles. The third-order valence-electron chi connectivity index (χ3n) is 8.58. The Morgan fingerprint density at radius 2 is 1.00 bits per heavy atom. The van der Waals surface area contributed by atoms with E-state index in [0.717, 1.165) is 11.2 Å². The molecule has 0 fully saturated rings. The van der Waals surface area contributed by atoms with Gasteiger partial charge < -0.3 is 9.13 Å². The number of benzene rings is 6. The van der Waals surface area contributed by atoms with Crippen molar-refractivity contribution in [1.29, 1.82) is 0 Å². The van der Waals surface area contributed by atoms with Gasteiger partial charge in [0.25, 0.3) is 0 Å². The summed E-state index contributed by atoms with van der Waals surface area (Å²) in [6.45, 7) is 0. The van der Waals surface area contributed by atoms with E-state index in [2.05, 4.69) is 154 Å². The van der Waals surface area contributed by atoms with E-state index in [1.54, 1.807) is 0 Å². The largest absolute Gasteiger partial charge is 0.309 e. The van der Waals surface area contributed by atoms with Crippen LogP contribution in [0, 0.1) is 0 Å². The molecule has 9 aromatic rings. The lowest BCUT2D eigenvalue weighted by Gasteiger charge is -2.10. The predicted molar refractivity (Wildman–Crippen MR) is 176 cm³/mol. The molecule has 0 amide bonds. The zero-order valence-electron chi connectivity index (χ0n) is 22.8. The molecule has 0 unspecified atom stereocenters. The van der Waals surface area contributed by atoms with Crippen LogP contribution in [0.25, 0.3) is 76.9 Å². The average Bonchev–Trinajstić information content (AvgIpc) is 3.57. The second-order valence-corrected chi connectivity index (χ2v) is 10.9. The summed E-state index contributed by atoms with van der Waals surface area (Å²) in [5.74, 6) is 0. The van der Waals surface area contributed by atoms with Gasteiger partial charge in [0.1, 0.15) is 0 Å². The fourth-order valence-electron chi connectivity index (χ4n) is 6.65. The van der Waals surface area contributed by atoms with Crippen molar-refractivity contribution in [2.24, 2.45) is 0 Å². The van der Waals surface area contributed by atoms with Gasteiger partial charge in [-0.25, -0.2) is 0 Å². The molecule has 0 radical (unpaired) electrons. The summed E-state index contributed by atoms with van der Waals surface area (Å²) >= 11 is 0. The molecular weight excluding hydrogens is 510 g/mol. The molecule has 3 heteroatoms. The summed E-state index contributed by atoms with van der Waals surface area (Å²) in [6.07, 6.45) is 3.87. The fraction of sp³-hybridized carbons (Fsp3) is 0. The predicted octanol–water partition coefficient (Wildman–Crippen LogP) is 10.1. The highest BCUT2D eigenvalue weighted by Crippen LogP contribution is 2.38. The molecule has 0 saturated carbocycles. The van der Waals surface area contributed by atoms with Crippen LogP contribution >= 0.6 is 0 Å². The maximum atomic E-state index is 4.50. The van der Waals surface area contributed by atoms with Crippen LogP contribution in [0.15, 0.2) is 152 Å². The molecule has 9 rings (SSSR count). The van der Waals surface area contributed by atoms with E-state index in [9.17, 15) is 0 Å². The van der Waals surface area contributed by atoms with Crippen molar-refractivity contribution >= 4 is 54.4 Å². The zero-order valence-corrected chi connectivity index (χ0v) is 22.8. The monoisotopic (exact) mass is 535 g/mol. The Hall–Kier alpha value is -5.67. The third kappa shape index (κ3) is 3.37. The summed E-state index contributed by atoms with van der Waals surface area (Å²) in [6, 6.07) is 50.4. The number of hydrogen-bond acceptors (Lipinski definition) is 1. The Labute approximate surface area is 242 Å². The van der Waals surface area contributed by atoms with Crippen molar-refractivity contribution < 1.29 is 0 Å². The lowest BCUT2D eigenvalue weighted by atomic mass is 10.0. The molecule has 0 aliphatic carbocycles. The molecule has 0 spiro atoms. The highest BCUT2D eigenvalue weighted by atomic mass is 15.0. The first-order valence-corrected chi connectivity index (χ1v) is 14.3. The minimum Gasteiger partial charge on any atom is -0.309 e. The molecule has 0 aliphatic rings. The topological polar surface area (TPSA) is 22.8 Å². The third-order valence-corrected chi connectivity index (χ3v) is 8.58. The van der Waals surface area contributed by atoms with Gasteiger partial charge in [-0.05, 0) is 82.6 Å². The number of para-hydroxylation sites is 2. The first kappa shape index (κ1) is 23.1. The smallest absolute Gasteiger partial charge is 0.0724 e. The van der Waals surface area contributed by atoms with Crippen molar-refractivity contribution in [3.8, 4) is 22.5 Å². The van der Waals surface area contributed by atoms with Crippen molar-refractivity contribution in [1.82, 2.24) is 14.1 Å². The zero-order chi connectivity index (χ0) is 27.6. The van der Waals surface area contributed by atoms with Gasteiger partial charge in [0.05, 0.1) is 28.3 Å². The number of aromatic nitrogens is 3. The van der Waals surface area contributed by atoms with Gasteiger partial charge in [-0.3, -0.25) is 4.98 Å². The summed E-state index contributed by atoms with van der Waals surface area (Å²) in [7, 11) is 0. The normalized spacial score (nSPS) is 11.8. The van der Waals surface area contributed by atoms with Crippen molar-refractivity contribution in [2.75, 3.05) is 0 Å². The molecule has 196 valence electrons. The molecule has 3 nitrogen and oxygen atoms in total. The van der Waals surface area contributed by atoms with Crippen LogP contribution in [0.3, 0.4) is 0 Å². The molecule has 0 bridgehead atoms. The number of fused-ring (bicyclic) bond motifs is 7.